The van der Waals surface area contributed by atoms with E-state index < -0.39 is 0 Å². The summed E-state index contributed by atoms with van der Waals surface area (Å²) in [5, 5.41) is 9.11. The molecule has 1 aromatic carbocycles. The molecule has 1 rings (SSSR count). The molecule has 0 radical (unpaired) electrons. The van der Waals surface area contributed by atoms with Gasteiger partial charge in [0, 0.05) is 6.54 Å². The van der Waals surface area contributed by atoms with Gasteiger partial charge in [0.2, 0.25) is 0 Å². The number of halogens is 1. The third-order valence-corrected chi connectivity index (χ3v) is 3.87. The number of rotatable bonds is 9. The van der Waals surface area contributed by atoms with Gasteiger partial charge in [-0.25, -0.2) is 4.39 Å². The number of benzene rings is 1. The van der Waals surface area contributed by atoms with E-state index in [-0.39, 0.29) is 5.82 Å². The van der Waals surface area contributed by atoms with Crippen molar-refractivity contribution in [2.24, 2.45) is 0 Å². The van der Waals surface area contributed by atoms with E-state index in [1.165, 1.54) is 12.1 Å². The van der Waals surface area contributed by atoms with E-state index in [9.17, 15) is 4.39 Å². The Labute approximate surface area is 128 Å². The Morgan fingerprint density at radius 2 is 1.67 bits per heavy atom. The van der Waals surface area contributed by atoms with E-state index in [0.29, 0.717) is 12.1 Å². The van der Waals surface area contributed by atoms with Crippen LogP contribution in [0.4, 0.5) is 4.39 Å². The van der Waals surface area contributed by atoms with Crippen LogP contribution in [0.1, 0.15) is 38.3 Å². The Balaban J connectivity index is 2.58. The summed E-state index contributed by atoms with van der Waals surface area (Å²) in [5.41, 5.74) is 1.35. The molecule has 0 aliphatic rings. The van der Waals surface area contributed by atoms with E-state index in [2.05, 4.69) is 36.6 Å². The highest BCUT2D eigenvalue weighted by atomic mass is 19.1. The van der Waals surface area contributed by atoms with Crippen LogP contribution in [0.15, 0.2) is 18.2 Å². The lowest BCUT2D eigenvalue weighted by Gasteiger charge is -2.23. The summed E-state index contributed by atoms with van der Waals surface area (Å²) in [6.45, 7) is 12.2. The molecule has 0 aliphatic carbocycles. The second-order valence-corrected chi connectivity index (χ2v) is 5.16. The Morgan fingerprint density at radius 1 is 1.05 bits per heavy atom. The van der Waals surface area contributed by atoms with E-state index >= 15 is 0 Å². The summed E-state index contributed by atoms with van der Waals surface area (Å²) >= 11 is 0. The summed E-state index contributed by atoms with van der Waals surface area (Å²) in [5.74, 6) is -0.275. The molecule has 4 heteroatoms. The number of hydrogen-bond donors (Lipinski definition) is 0. The third kappa shape index (κ3) is 5.82. The van der Waals surface area contributed by atoms with E-state index in [1.807, 2.05) is 0 Å². The van der Waals surface area contributed by atoms with Gasteiger partial charge in [-0.15, -0.1) is 0 Å². The summed E-state index contributed by atoms with van der Waals surface area (Å²) in [4.78, 5) is 4.66. The molecular formula is C17H26FN3. The van der Waals surface area contributed by atoms with Crippen molar-refractivity contribution in [3.8, 4) is 6.07 Å². The molecule has 0 fully saturated rings. The number of hydrogen-bond acceptors (Lipinski definition) is 3. The molecule has 0 N–H and O–H groups in total. The van der Waals surface area contributed by atoms with Crippen LogP contribution in [-0.2, 0) is 6.54 Å². The minimum absolute atomic E-state index is 0.275. The first-order valence-electron chi connectivity index (χ1n) is 7.77. The van der Waals surface area contributed by atoms with Crippen LogP contribution in [0, 0.1) is 17.1 Å². The highest BCUT2D eigenvalue weighted by Gasteiger charge is 2.09. The van der Waals surface area contributed by atoms with Crippen LogP contribution < -0.4 is 0 Å². The van der Waals surface area contributed by atoms with Gasteiger partial charge < -0.3 is 4.90 Å². The first-order chi connectivity index (χ1) is 10.1. The maximum absolute atomic E-state index is 13.4. The first kappa shape index (κ1) is 17.6. The smallest absolute Gasteiger partial charge is 0.123 e. The van der Waals surface area contributed by atoms with Crippen molar-refractivity contribution >= 4 is 0 Å². The maximum Gasteiger partial charge on any atom is 0.123 e. The predicted molar refractivity (Wildman–Crippen MR) is 84.5 cm³/mol. The fourth-order valence-electron chi connectivity index (χ4n) is 2.45. The van der Waals surface area contributed by atoms with Gasteiger partial charge in [-0.1, -0.05) is 20.8 Å². The van der Waals surface area contributed by atoms with Crippen molar-refractivity contribution in [2.45, 2.75) is 33.7 Å². The van der Waals surface area contributed by atoms with Gasteiger partial charge >= 0.3 is 0 Å². The molecule has 0 heterocycles. The van der Waals surface area contributed by atoms with E-state index in [4.69, 9.17) is 5.26 Å². The molecule has 1 aromatic rings. The quantitative estimate of drug-likeness (QED) is 0.699. The summed E-state index contributed by atoms with van der Waals surface area (Å²) in [6.07, 6.45) is 1.09. The SMILES string of the molecule is CCN(CC)CCCN(CC)Cc1cc(F)ccc1C#N. The number of nitriles is 1. The summed E-state index contributed by atoms with van der Waals surface area (Å²) in [7, 11) is 0. The topological polar surface area (TPSA) is 30.3 Å². The molecule has 0 atom stereocenters. The zero-order chi connectivity index (χ0) is 15.7. The van der Waals surface area contributed by atoms with Crippen molar-refractivity contribution in [3.05, 3.63) is 35.1 Å². The van der Waals surface area contributed by atoms with Gasteiger partial charge in [0.15, 0.2) is 0 Å². The molecule has 0 aliphatic heterocycles. The molecule has 0 unspecified atom stereocenters. The Morgan fingerprint density at radius 3 is 2.24 bits per heavy atom. The minimum atomic E-state index is -0.275. The number of nitrogens with zero attached hydrogens (tertiary/aromatic N) is 3. The normalized spacial score (nSPS) is 11.1. The first-order valence-corrected chi connectivity index (χ1v) is 7.77. The average Bonchev–Trinajstić information content (AvgIpc) is 2.50. The molecular weight excluding hydrogens is 265 g/mol. The Hall–Kier alpha value is -1.44. The maximum atomic E-state index is 13.4. The second kappa shape index (κ2) is 9.49. The zero-order valence-corrected chi connectivity index (χ0v) is 13.4. The molecule has 0 spiro atoms. The average molecular weight is 291 g/mol. The van der Waals surface area contributed by atoms with E-state index in [1.54, 1.807) is 6.07 Å². The van der Waals surface area contributed by atoms with Crippen molar-refractivity contribution in [1.82, 2.24) is 9.80 Å². The van der Waals surface area contributed by atoms with Crippen molar-refractivity contribution in [1.29, 1.82) is 5.26 Å². The standard InChI is InChI=1S/C17H26FN3/c1-4-20(5-2)10-7-11-21(6-3)14-16-12-17(18)9-8-15(16)13-19/h8-9,12H,4-7,10-11,14H2,1-3H3. The fraction of sp³-hybridized carbons (Fsp3) is 0.588. The lowest BCUT2D eigenvalue weighted by molar-refractivity contribution is 0.238. The van der Waals surface area contributed by atoms with Crippen LogP contribution in [0.25, 0.3) is 0 Å². The summed E-state index contributed by atoms with van der Waals surface area (Å²) in [6, 6.07) is 6.53. The van der Waals surface area contributed by atoms with Crippen LogP contribution >= 0.6 is 0 Å². The fourth-order valence-corrected chi connectivity index (χ4v) is 2.45. The van der Waals surface area contributed by atoms with Crippen LogP contribution in [0.5, 0.6) is 0 Å². The van der Waals surface area contributed by atoms with E-state index in [0.717, 1.165) is 44.7 Å². The Kier molecular flexibility index (Phi) is 7.96. The highest BCUT2D eigenvalue weighted by Crippen LogP contribution is 2.13. The van der Waals surface area contributed by atoms with Crippen molar-refractivity contribution < 1.29 is 4.39 Å². The molecule has 0 bridgehead atoms. The van der Waals surface area contributed by atoms with Crippen LogP contribution in [-0.4, -0.2) is 42.5 Å². The Bertz CT molecular complexity index is 464. The largest absolute Gasteiger partial charge is 0.304 e. The predicted octanol–water partition coefficient (Wildman–Crippen LogP) is 3.25. The monoisotopic (exact) mass is 291 g/mol. The molecule has 0 saturated heterocycles. The third-order valence-electron chi connectivity index (χ3n) is 3.87. The summed E-state index contributed by atoms with van der Waals surface area (Å²) < 4.78 is 13.4. The van der Waals surface area contributed by atoms with Crippen molar-refractivity contribution in [3.63, 3.8) is 0 Å². The highest BCUT2D eigenvalue weighted by molar-refractivity contribution is 5.37. The lowest BCUT2D eigenvalue weighted by Crippen LogP contribution is -2.30. The van der Waals surface area contributed by atoms with Gasteiger partial charge in [0.25, 0.3) is 0 Å². The van der Waals surface area contributed by atoms with Crippen molar-refractivity contribution in [2.75, 3.05) is 32.7 Å². The molecule has 0 saturated carbocycles. The van der Waals surface area contributed by atoms with Gasteiger partial charge in [0.05, 0.1) is 11.6 Å². The molecule has 116 valence electrons. The van der Waals surface area contributed by atoms with Gasteiger partial charge in [0.1, 0.15) is 5.82 Å². The molecule has 3 nitrogen and oxygen atoms in total. The minimum Gasteiger partial charge on any atom is -0.304 e. The molecule has 0 amide bonds. The molecule has 0 aromatic heterocycles. The zero-order valence-electron chi connectivity index (χ0n) is 13.4. The van der Waals surface area contributed by atoms with Gasteiger partial charge in [-0.05, 0) is 62.9 Å². The lowest BCUT2D eigenvalue weighted by atomic mass is 10.1. The van der Waals surface area contributed by atoms with Gasteiger partial charge in [-0.3, -0.25) is 4.90 Å². The molecule has 21 heavy (non-hydrogen) atoms. The van der Waals surface area contributed by atoms with Gasteiger partial charge in [-0.2, -0.15) is 5.26 Å². The van der Waals surface area contributed by atoms with Crippen LogP contribution in [0.3, 0.4) is 0 Å². The second-order valence-electron chi connectivity index (χ2n) is 5.16. The van der Waals surface area contributed by atoms with Crippen LogP contribution in [0.2, 0.25) is 0 Å².